The first kappa shape index (κ1) is 45.5. The summed E-state index contributed by atoms with van der Waals surface area (Å²) in [7, 11) is -7.82. The van der Waals surface area contributed by atoms with Crippen molar-refractivity contribution < 1.29 is 26.4 Å². The highest BCUT2D eigenvalue weighted by Crippen LogP contribution is 2.43. The van der Waals surface area contributed by atoms with E-state index in [1.165, 1.54) is 39.4 Å². The minimum absolute atomic E-state index is 0.0269. The molecule has 66 heavy (non-hydrogen) atoms. The Morgan fingerprint density at radius 3 is 2.44 bits per heavy atom. The fourth-order valence-corrected chi connectivity index (χ4v) is 11.3. The summed E-state index contributed by atoms with van der Waals surface area (Å²) in [4.78, 5) is 38.4. The van der Waals surface area contributed by atoms with Crippen molar-refractivity contribution in [3.63, 3.8) is 0 Å². The predicted octanol–water partition coefficient (Wildman–Crippen LogP) is 7.91. The lowest BCUT2D eigenvalue weighted by Crippen LogP contribution is -2.47. The van der Waals surface area contributed by atoms with E-state index in [1.807, 2.05) is 36.4 Å². The quantitative estimate of drug-likeness (QED) is 0.107. The molecule has 2 aliphatic heterocycles. The minimum atomic E-state index is -4.53. The molecule has 0 unspecified atom stereocenters. The molecular formula is C47H52ClN9O7S2. The minimum Gasteiger partial charge on any atom is -0.491 e. The normalized spacial score (nSPS) is 18.0. The van der Waals surface area contributed by atoms with E-state index < -0.39 is 26.0 Å². The Morgan fingerprint density at radius 2 is 1.71 bits per heavy atom. The number of anilines is 1. The van der Waals surface area contributed by atoms with Crippen LogP contribution in [0.3, 0.4) is 0 Å². The zero-order chi connectivity index (χ0) is 46.4. The number of nitrogens with one attached hydrogen (secondary N) is 2. The van der Waals surface area contributed by atoms with Gasteiger partial charge in [-0.15, -0.1) is 4.91 Å². The second-order valence-electron chi connectivity index (χ2n) is 18.3. The fourth-order valence-electron chi connectivity index (χ4n) is 9.31. The number of benzene rings is 3. The molecule has 0 saturated carbocycles. The van der Waals surface area contributed by atoms with Crippen LogP contribution in [0, 0.1) is 16.2 Å². The first-order valence-corrected chi connectivity index (χ1v) is 25.8. The average molecular weight is 955 g/mol. The Labute approximate surface area is 389 Å². The third kappa shape index (κ3) is 9.74. The maximum Gasteiger partial charge on any atom is 0.267 e. The van der Waals surface area contributed by atoms with Gasteiger partial charge in [0.25, 0.3) is 15.9 Å². The molecule has 3 aromatic carbocycles. The third-order valence-corrected chi connectivity index (χ3v) is 16.0. The van der Waals surface area contributed by atoms with E-state index in [-0.39, 0.29) is 39.8 Å². The lowest BCUT2D eigenvalue weighted by Gasteiger charge is -2.39. The largest absolute Gasteiger partial charge is 0.491 e. The number of carbonyl (C=O) groups is 1. The molecule has 9 rings (SSSR count). The van der Waals surface area contributed by atoms with Gasteiger partial charge in [-0.25, -0.2) is 35.5 Å². The van der Waals surface area contributed by atoms with Crippen LogP contribution in [0.15, 0.2) is 101 Å². The summed E-state index contributed by atoms with van der Waals surface area (Å²) in [6.45, 7) is 9.57. The third-order valence-electron chi connectivity index (χ3n) is 13.1. The average Bonchev–Trinajstić information content (AvgIpc) is 3.94. The SMILES string of the molecule is CC1(C)CCC(CN2CCN(c3ccc(C(=O)NS(=O)(=O)c4ccc(OCC5CCN(S(C)(=O)=O)CC5)c(N=O)c4)c(-n4ncc5nc6[nH]ccc6cc54)c3)CC2)=C(c2ccc(Cl)cc2)C1. The Hall–Kier alpha value is -5.66. The number of piperazine rings is 1. The molecule has 346 valence electrons. The van der Waals surface area contributed by atoms with Gasteiger partial charge >= 0.3 is 0 Å². The lowest BCUT2D eigenvalue weighted by atomic mass is 9.72. The number of ether oxygens (including phenoxy) is 1. The van der Waals surface area contributed by atoms with Gasteiger partial charge in [-0.3, -0.25) is 9.69 Å². The van der Waals surface area contributed by atoms with Crippen molar-refractivity contribution in [1.82, 2.24) is 33.7 Å². The number of aromatic nitrogens is 4. The van der Waals surface area contributed by atoms with Crippen LogP contribution in [0.25, 0.3) is 33.3 Å². The molecule has 0 bridgehead atoms. The second kappa shape index (κ2) is 18.2. The van der Waals surface area contributed by atoms with E-state index in [4.69, 9.17) is 21.3 Å². The number of piperidine rings is 1. The second-order valence-corrected chi connectivity index (χ2v) is 22.4. The van der Waals surface area contributed by atoms with Crippen molar-refractivity contribution in [3.8, 4) is 11.4 Å². The highest BCUT2D eigenvalue weighted by atomic mass is 35.5. The summed E-state index contributed by atoms with van der Waals surface area (Å²) in [5, 5.41) is 9.24. The molecule has 2 N–H and O–H groups in total. The van der Waals surface area contributed by atoms with Crippen LogP contribution >= 0.6 is 11.6 Å². The molecule has 3 aliphatic rings. The summed E-state index contributed by atoms with van der Waals surface area (Å²) < 4.78 is 62.6. The molecule has 0 spiro atoms. The number of hydrogen-bond donors (Lipinski definition) is 2. The van der Waals surface area contributed by atoms with Crippen LogP contribution in [-0.4, -0.2) is 110 Å². The van der Waals surface area contributed by atoms with Crippen molar-refractivity contribution in [2.45, 2.75) is 50.8 Å². The zero-order valence-electron chi connectivity index (χ0n) is 37.0. The van der Waals surface area contributed by atoms with Gasteiger partial charge in [0.15, 0.2) is 5.69 Å². The number of nitroso groups, excluding NO2 is 1. The number of rotatable bonds is 13. The zero-order valence-corrected chi connectivity index (χ0v) is 39.4. The smallest absolute Gasteiger partial charge is 0.267 e. The molecule has 1 aliphatic carbocycles. The maximum atomic E-state index is 14.2. The Kier molecular flexibility index (Phi) is 12.5. The number of sulfonamides is 2. The summed E-state index contributed by atoms with van der Waals surface area (Å²) in [5.74, 6) is -0.797. The van der Waals surface area contributed by atoms with Crippen molar-refractivity contribution in [3.05, 3.63) is 112 Å². The monoisotopic (exact) mass is 953 g/mol. The molecule has 0 atom stereocenters. The molecule has 2 fully saturated rings. The lowest BCUT2D eigenvalue weighted by molar-refractivity contribution is 0.0981. The number of pyridine rings is 1. The predicted molar refractivity (Wildman–Crippen MR) is 257 cm³/mol. The van der Waals surface area contributed by atoms with Gasteiger partial charge in [0.2, 0.25) is 10.0 Å². The summed E-state index contributed by atoms with van der Waals surface area (Å²) in [6.07, 6.45) is 8.90. The van der Waals surface area contributed by atoms with Gasteiger partial charge < -0.3 is 14.6 Å². The number of halogens is 1. The molecular weight excluding hydrogens is 902 g/mol. The van der Waals surface area contributed by atoms with Crippen LogP contribution in [0.2, 0.25) is 5.02 Å². The van der Waals surface area contributed by atoms with E-state index in [2.05, 4.69) is 55.8 Å². The highest BCUT2D eigenvalue weighted by molar-refractivity contribution is 7.90. The molecule has 3 aromatic heterocycles. The number of carbonyl (C=O) groups excluding carboxylic acids is 1. The number of H-pyrrole nitrogens is 1. The van der Waals surface area contributed by atoms with Crippen LogP contribution in [0.5, 0.6) is 5.75 Å². The van der Waals surface area contributed by atoms with E-state index in [9.17, 15) is 26.5 Å². The van der Waals surface area contributed by atoms with Crippen LogP contribution < -0.4 is 14.4 Å². The van der Waals surface area contributed by atoms with Gasteiger partial charge in [0.1, 0.15) is 16.9 Å². The topological polar surface area (TPSA) is 192 Å². The number of nitrogens with zero attached hydrogens (tertiary/aromatic N) is 7. The van der Waals surface area contributed by atoms with E-state index in [1.54, 1.807) is 23.1 Å². The number of aromatic amines is 1. The highest BCUT2D eigenvalue weighted by Gasteiger charge is 2.31. The molecule has 16 nitrogen and oxygen atoms in total. The maximum absolute atomic E-state index is 14.2. The number of hydrogen-bond acceptors (Lipinski definition) is 12. The van der Waals surface area contributed by atoms with Gasteiger partial charge in [-0.05, 0) is 120 Å². The standard InChI is InChI=1S/C47H52ClN9O7S2/c1-47(2)16-12-34(39(27-47)32-4-6-35(48)7-5-32)29-54-20-22-55(23-21-54)36-8-10-38(42(25-36)57-43-24-33-13-17-49-45(33)51-41(43)28-50-57)46(58)53-66(62,63)37-9-11-44(40(26-37)52-59)64-30-31-14-18-56(19-15-31)65(3,60)61/h4-11,13,17,24-26,28,31H,12,14-16,18-23,27,29-30H2,1-3H3,(H,49,51)(H,53,58). The van der Waals surface area contributed by atoms with Gasteiger partial charge in [0.05, 0.1) is 40.7 Å². The van der Waals surface area contributed by atoms with Crippen molar-refractivity contribution in [2.24, 2.45) is 16.5 Å². The fraction of sp³-hybridized carbons (Fsp3) is 0.383. The Bertz CT molecular complexity index is 3080. The molecule has 0 radical (unpaired) electrons. The molecule has 6 aromatic rings. The molecule has 19 heteroatoms. The summed E-state index contributed by atoms with van der Waals surface area (Å²) in [6, 6.07) is 20.9. The summed E-state index contributed by atoms with van der Waals surface area (Å²) >= 11 is 6.26. The van der Waals surface area contributed by atoms with Crippen LogP contribution in [-0.2, 0) is 20.0 Å². The van der Waals surface area contributed by atoms with Crippen molar-refractivity contribution in [1.29, 1.82) is 0 Å². The van der Waals surface area contributed by atoms with Crippen LogP contribution in [0.1, 0.15) is 61.9 Å². The summed E-state index contributed by atoms with van der Waals surface area (Å²) in [5.41, 5.74) is 7.22. The van der Waals surface area contributed by atoms with Gasteiger partial charge in [-0.1, -0.05) is 43.2 Å². The van der Waals surface area contributed by atoms with E-state index in [0.717, 1.165) is 74.1 Å². The van der Waals surface area contributed by atoms with Gasteiger partial charge in [0, 0.05) is 68.1 Å². The number of amides is 1. The van der Waals surface area contributed by atoms with E-state index >= 15 is 0 Å². The van der Waals surface area contributed by atoms with Crippen molar-refractivity contribution >= 4 is 76.6 Å². The first-order chi connectivity index (χ1) is 31.5. The molecule has 2 saturated heterocycles. The van der Waals surface area contributed by atoms with Crippen molar-refractivity contribution in [2.75, 3.05) is 63.6 Å². The first-order valence-electron chi connectivity index (χ1n) is 22.1. The van der Waals surface area contributed by atoms with Gasteiger partial charge in [-0.2, -0.15) is 5.10 Å². The Balaban J connectivity index is 0.944. The molecule has 1 amide bonds. The number of allylic oxidation sites excluding steroid dienone is 1. The van der Waals surface area contributed by atoms with Crippen LogP contribution in [0.4, 0.5) is 11.4 Å². The Morgan fingerprint density at radius 1 is 0.955 bits per heavy atom. The van der Waals surface area contributed by atoms with E-state index in [0.29, 0.717) is 48.3 Å². The molecule has 5 heterocycles. The number of fused-ring (bicyclic) bond motifs is 2.